The summed E-state index contributed by atoms with van der Waals surface area (Å²) in [6.45, 7) is 1.01. The molecule has 0 fully saturated rings. The molecule has 0 aliphatic heterocycles. The van der Waals surface area contributed by atoms with Gasteiger partial charge in [0.2, 0.25) is 0 Å². The third-order valence-corrected chi connectivity index (χ3v) is 2.83. The fourth-order valence-corrected chi connectivity index (χ4v) is 1.81. The molecule has 0 saturated carbocycles. The van der Waals surface area contributed by atoms with E-state index in [1.807, 2.05) is 12.1 Å². The van der Waals surface area contributed by atoms with Gasteiger partial charge in [0.25, 0.3) is 0 Å². The minimum atomic E-state index is -0.369. The summed E-state index contributed by atoms with van der Waals surface area (Å²) in [7, 11) is 0. The van der Waals surface area contributed by atoms with Crippen molar-refractivity contribution in [3.05, 3.63) is 46.9 Å². The number of hydrogen-bond acceptors (Lipinski definition) is 6. The van der Waals surface area contributed by atoms with Crippen molar-refractivity contribution in [2.75, 3.05) is 24.2 Å². The van der Waals surface area contributed by atoms with E-state index in [4.69, 9.17) is 10.5 Å². The van der Waals surface area contributed by atoms with Gasteiger partial charge < -0.3 is 15.8 Å². The van der Waals surface area contributed by atoms with Crippen LogP contribution in [0.25, 0.3) is 5.65 Å². The van der Waals surface area contributed by atoms with Gasteiger partial charge in [-0.15, -0.1) is 5.10 Å². The average Bonchev–Trinajstić information content (AvgIpc) is 2.87. The van der Waals surface area contributed by atoms with Crippen LogP contribution in [0.3, 0.4) is 0 Å². The summed E-state index contributed by atoms with van der Waals surface area (Å²) >= 11 is 0. The van der Waals surface area contributed by atoms with E-state index < -0.39 is 0 Å². The van der Waals surface area contributed by atoms with Gasteiger partial charge in [0.05, 0.1) is 6.54 Å². The molecule has 0 atom stereocenters. The molecular weight excluding hydrogens is 272 g/mol. The van der Waals surface area contributed by atoms with E-state index in [-0.39, 0.29) is 5.69 Å². The van der Waals surface area contributed by atoms with Gasteiger partial charge in [-0.25, -0.2) is 9.89 Å². The topological polar surface area (TPSA) is 110 Å². The Balaban J connectivity index is 1.55. The number of nitrogens with two attached hydrogens (primary N) is 1. The standard InChI is InChI=1S/C13H14N6O2/c14-9-1-3-10(4-2-9)21-8-7-15-11-5-6-12-16-17-13(20)19(12)18-11/h1-6H,7-8,14H2,(H,15,18)(H,17,20). The highest BCUT2D eigenvalue weighted by Gasteiger charge is 2.02. The molecule has 0 bridgehead atoms. The van der Waals surface area contributed by atoms with Crippen LogP contribution in [0.1, 0.15) is 0 Å². The number of H-pyrrole nitrogens is 1. The number of hydrogen-bond donors (Lipinski definition) is 3. The minimum Gasteiger partial charge on any atom is -0.492 e. The van der Waals surface area contributed by atoms with Crippen LogP contribution >= 0.6 is 0 Å². The number of nitrogens with one attached hydrogen (secondary N) is 2. The van der Waals surface area contributed by atoms with Crippen molar-refractivity contribution < 1.29 is 4.74 Å². The smallest absolute Gasteiger partial charge is 0.364 e. The molecule has 1 aromatic carbocycles. The monoisotopic (exact) mass is 286 g/mol. The number of nitrogen functional groups attached to an aromatic ring is 1. The first kappa shape index (κ1) is 13.0. The second-order valence-electron chi connectivity index (χ2n) is 4.36. The number of benzene rings is 1. The summed E-state index contributed by atoms with van der Waals surface area (Å²) < 4.78 is 6.74. The number of nitrogens with zero attached hydrogens (tertiary/aromatic N) is 3. The van der Waals surface area contributed by atoms with Gasteiger partial charge in [-0.05, 0) is 36.4 Å². The molecule has 0 radical (unpaired) electrons. The van der Waals surface area contributed by atoms with Crippen LogP contribution < -0.4 is 21.5 Å². The molecule has 8 nitrogen and oxygen atoms in total. The van der Waals surface area contributed by atoms with Crippen molar-refractivity contribution in [3.8, 4) is 5.75 Å². The first-order chi connectivity index (χ1) is 10.2. The summed E-state index contributed by atoms with van der Waals surface area (Å²) in [5.74, 6) is 1.33. The Morgan fingerprint density at radius 2 is 2.05 bits per heavy atom. The predicted octanol–water partition coefficient (Wildman–Crippen LogP) is 0.491. The fraction of sp³-hybridized carbons (Fsp3) is 0.154. The molecule has 0 unspecified atom stereocenters. The number of aromatic amines is 1. The number of aromatic nitrogens is 4. The summed E-state index contributed by atoms with van der Waals surface area (Å²) in [5, 5.41) is 13.3. The molecule has 0 aliphatic rings. The lowest BCUT2D eigenvalue weighted by Crippen LogP contribution is -2.16. The highest BCUT2D eigenvalue weighted by molar-refractivity contribution is 5.43. The van der Waals surface area contributed by atoms with E-state index in [1.165, 1.54) is 4.52 Å². The van der Waals surface area contributed by atoms with Crippen LogP contribution in [0.5, 0.6) is 5.75 Å². The van der Waals surface area contributed by atoms with E-state index in [0.29, 0.717) is 30.3 Å². The zero-order valence-corrected chi connectivity index (χ0v) is 11.1. The number of ether oxygens (including phenoxy) is 1. The summed E-state index contributed by atoms with van der Waals surface area (Å²) in [6.07, 6.45) is 0. The highest BCUT2D eigenvalue weighted by atomic mass is 16.5. The van der Waals surface area contributed by atoms with E-state index in [0.717, 1.165) is 5.75 Å². The second-order valence-corrected chi connectivity index (χ2v) is 4.36. The minimum absolute atomic E-state index is 0.369. The molecule has 0 spiro atoms. The van der Waals surface area contributed by atoms with Crippen LogP contribution in [0, 0.1) is 0 Å². The fourth-order valence-electron chi connectivity index (χ4n) is 1.81. The lowest BCUT2D eigenvalue weighted by atomic mass is 10.3. The third kappa shape index (κ3) is 2.94. The Labute approximate surface area is 119 Å². The van der Waals surface area contributed by atoms with Crippen molar-refractivity contribution >= 4 is 17.2 Å². The lowest BCUT2D eigenvalue weighted by Gasteiger charge is -2.08. The van der Waals surface area contributed by atoms with Crippen LogP contribution in [0.15, 0.2) is 41.2 Å². The first-order valence-electron chi connectivity index (χ1n) is 6.39. The summed E-state index contributed by atoms with van der Waals surface area (Å²) in [4.78, 5) is 11.4. The number of rotatable bonds is 5. The Morgan fingerprint density at radius 1 is 1.24 bits per heavy atom. The molecular formula is C13H14N6O2. The molecule has 0 amide bonds. The molecule has 4 N–H and O–H groups in total. The van der Waals surface area contributed by atoms with Gasteiger partial charge in [0.1, 0.15) is 18.2 Å². The largest absolute Gasteiger partial charge is 0.492 e. The third-order valence-electron chi connectivity index (χ3n) is 2.83. The highest BCUT2D eigenvalue weighted by Crippen LogP contribution is 2.12. The molecule has 0 aliphatic carbocycles. The molecule has 3 aromatic rings. The normalized spacial score (nSPS) is 10.7. The first-order valence-corrected chi connectivity index (χ1v) is 6.39. The number of anilines is 2. The zero-order valence-electron chi connectivity index (χ0n) is 11.1. The van der Waals surface area contributed by atoms with Crippen molar-refractivity contribution in [1.82, 2.24) is 19.8 Å². The van der Waals surface area contributed by atoms with Crippen LogP contribution in [-0.2, 0) is 0 Å². The van der Waals surface area contributed by atoms with E-state index in [9.17, 15) is 4.79 Å². The second kappa shape index (κ2) is 5.53. The zero-order chi connectivity index (χ0) is 14.7. The average molecular weight is 286 g/mol. The molecule has 2 aromatic heterocycles. The van der Waals surface area contributed by atoms with Gasteiger partial charge >= 0.3 is 5.69 Å². The van der Waals surface area contributed by atoms with Gasteiger partial charge in [-0.2, -0.15) is 9.61 Å². The maximum absolute atomic E-state index is 11.4. The Hall–Kier alpha value is -3.03. The maximum atomic E-state index is 11.4. The summed E-state index contributed by atoms with van der Waals surface area (Å²) in [6, 6.07) is 10.6. The predicted molar refractivity (Wildman–Crippen MR) is 78.4 cm³/mol. The van der Waals surface area contributed by atoms with Gasteiger partial charge in [-0.1, -0.05) is 0 Å². The van der Waals surface area contributed by atoms with Gasteiger partial charge in [-0.3, -0.25) is 0 Å². The molecule has 0 saturated heterocycles. The Morgan fingerprint density at radius 3 is 2.86 bits per heavy atom. The van der Waals surface area contributed by atoms with E-state index >= 15 is 0 Å². The Kier molecular flexibility index (Phi) is 3.42. The number of fused-ring (bicyclic) bond motifs is 1. The Bertz CT molecular complexity index is 792. The molecule has 8 heteroatoms. The van der Waals surface area contributed by atoms with E-state index in [1.54, 1.807) is 24.3 Å². The van der Waals surface area contributed by atoms with Crippen LogP contribution in [0.2, 0.25) is 0 Å². The van der Waals surface area contributed by atoms with Crippen LogP contribution in [-0.4, -0.2) is 33.0 Å². The van der Waals surface area contributed by atoms with Crippen molar-refractivity contribution in [2.45, 2.75) is 0 Å². The van der Waals surface area contributed by atoms with Crippen LogP contribution in [0.4, 0.5) is 11.5 Å². The maximum Gasteiger partial charge on any atom is 0.364 e. The van der Waals surface area contributed by atoms with Crippen molar-refractivity contribution in [3.63, 3.8) is 0 Å². The SMILES string of the molecule is Nc1ccc(OCCNc2ccc3n[nH]c(=O)n3n2)cc1. The van der Waals surface area contributed by atoms with E-state index in [2.05, 4.69) is 20.6 Å². The quantitative estimate of drug-likeness (QED) is 0.465. The lowest BCUT2D eigenvalue weighted by molar-refractivity contribution is 0.333. The van der Waals surface area contributed by atoms with Crippen molar-refractivity contribution in [2.24, 2.45) is 0 Å². The molecule has 108 valence electrons. The van der Waals surface area contributed by atoms with Gasteiger partial charge in [0, 0.05) is 5.69 Å². The van der Waals surface area contributed by atoms with Crippen molar-refractivity contribution in [1.29, 1.82) is 0 Å². The van der Waals surface area contributed by atoms with Gasteiger partial charge in [0.15, 0.2) is 5.65 Å². The molecule has 21 heavy (non-hydrogen) atoms. The molecule has 3 rings (SSSR count). The molecule has 2 heterocycles. The summed E-state index contributed by atoms with van der Waals surface area (Å²) in [5.41, 5.74) is 6.40.